The molecule has 1 N–H and O–H groups in total. The van der Waals surface area contributed by atoms with E-state index in [0.717, 1.165) is 0 Å². The first-order valence-corrected chi connectivity index (χ1v) is 6.99. The van der Waals surface area contributed by atoms with E-state index in [9.17, 15) is 9.59 Å². The first-order valence-electron chi connectivity index (χ1n) is 6.99. The Bertz CT molecular complexity index is 420. The molecule has 0 atom stereocenters. The lowest BCUT2D eigenvalue weighted by Crippen LogP contribution is -2.15. The Morgan fingerprint density at radius 2 is 1.81 bits per heavy atom. The summed E-state index contributed by atoms with van der Waals surface area (Å²) in [7, 11) is 1.71. The minimum atomic E-state index is -0.510. The molecule has 1 heterocycles. The second kappa shape index (κ2) is 11.0. The maximum absolute atomic E-state index is 11.2. The Balaban J connectivity index is 0. The number of H-pyrrole nitrogens is 1. The van der Waals surface area contributed by atoms with Gasteiger partial charge in [0, 0.05) is 12.7 Å². The van der Waals surface area contributed by atoms with E-state index in [2.05, 4.69) is 10.2 Å². The van der Waals surface area contributed by atoms with Crippen LogP contribution in [0, 0.1) is 6.92 Å². The van der Waals surface area contributed by atoms with Crippen LogP contribution >= 0.6 is 0 Å². The van der Waals surface area contributed by atoms with Crippen molar-refractivity contribution in [3.8, 4) is 0 Å². The highest BCUT2D eigenvalue weighted by atomic mass is 16.5. The van der Waals surface area contributed by atoms with Crippen LogP contribution in [0.1, 0.15) is 68.1 Å². The topological polar surface area (TPSA) is 81.3 Å². The predicted octanol–water partition coefficient (Wildman–Crippen LogP) is 3.16. The van der Waals surface area contributed by atoms with Crippen molar-refractivity contribution in [2.24, 2.45) is 0 Å². The maximum Gasteiger partial charge on any atom is 0.359 e. The summed E-state index contributed by atoms with van der Waals surface area (Å²) in [5, 5.41) is 6.12. The van der Waals surface area contributed by atoms with Gasteiger partial charge in [-0.2, -0.15) is 5.10 Å². The average Bonchev–Trinajstić information content (AvgIpc) is 2.82. The van der Waals surface area contributed by atoms with E-state index < -0.39 is 5.97 Å². The number of aromatic amines is 1. The third-order valence-corrected chi connectivity index (χ3v) is 2.25. The molecule has 0 fully saturated rings. The first-order chi connectivity index (χ1) is 9.76. The van der Waals surface area contributed by atoms with Gasteiger partial charge in [0.1, 0.15) is 5.69 Å². The highest BCUT2D eigenvalue weighted by molar-refractivity contribution is 5.91. The summed E-state index contributed by atoms with van der Waals surface area (Å²) >= 11 is 0. The summed E-state index contributed by atoms with van der Waals surface area (Å²) in [5.41, 5.74) is 1.04. The minimum Gasteiger partial charge on any atom is -0.461 e. The molecule has 122 valence electrons. The van der Waals surface area contributed by atoms with Crippen LogP contribution in [0.15, 0.2) is 0 Å². The number of rotatable bonds is 3. The van der Waals surface area contributed by atoms with Crippen molar-refractivity contribution in [3.63, 3.8) is 0 Å². The number of hydrogen-bond acceptors (Lipinski definition) is 5. The molecular formula is C15H28N2O4. The van der Waals surface area contributed by atoms with Gasteiger partial charge in [0.2, 0.25) is 0 Å². The second-order valence-corrected chi connectivity index (χ2v) is 4.77. The van der Waals surface area contributed by atoms with Crippen LogP contribution in [0.2, 0.25) is 0 Å². The molecule has 0 spiro atoms. The van der Waals surface area contributed by atoms with Gasteiger partial charge in [-0.25, -0.2) is 4.79 Å². The summed E-state index contributed by atoms with van der Waals surface area (Å²) in [6.45, 7) is 13.7. The van der Waals surface area contributed by atoms with E-state index in [1.54, 1.807) is 21.0 Å². The SMILES string of the molecule is CC.CCOC(=O)c1n[nH]c(C=O)c1C.COC(C)(C)C. The van der Waals surface area contributed by atoms with Gasteiger partial charge in [0.15, 0.2) is 12.0 Å². The first kappa shape index (κ1) is 21.6. The smallest absolute Gasteiger partial charge is 0.359 e. The molecule has 21 heavy (non-hydrogen) atoms. The summed E-state index contributed by atoms with van der Waals surface area (Å²) in [5.74, 6) is -0.510. The lowest BCUT2D eigenvalue weighted by atomic mass is 10.2. The van der Waals surface area contributed by atoms with E-state index in [-0.39, 0.29) is 11.3 Å². The van der Waals surface area contributed by atoms with Crippen molar-refractivity contribution in [2.75, 3.05) is 13.7 Å². The zero-order chi connectivity index (χ0) is 17.1. The molecule has 0 aliphatic rings. The molecule has 0 aromatic carbocycles. The fourth-order valence-corrected chi connectivity index (χ4v) is 0.924. The molecule has 0 saturated heterocycles. The number of nitrogens with zero attached hydrogens (tertiary/aromatic N) is 1. The molecule has 0 aliphatic heterocycles. The summed E-state index contributed by atoms with van der Waals surface area (Å²) in [6.07, 6.45) is 0.616. The molecular weight excluding hydrogens is 272 g/mol. The van der Waals surface area contributed by atoms with E-state index in [0.29, 0.717) is 24.2 Å². The molecule has 1 aromatic rings. The van der Waals surface area contributed by atoms with Crippen molar-refractivity contribution >= 4 is 12.3 Å². The summed E-state index contributed by atoms with van der Waals surface area (Å²) in [6, 6.07) is 0. The van der Waals surface area contributed by atoms with Crippen molar-refractivity contribution < 1.29 is 19.1 Å². The predicted molar refractivity (Wildman–Crippen MR) is 82.8 cm³/mol. The van der Waals surface area contributed by atoms with E-state index in [1.807, 2.05) is 34.6 Å². The standard InChI is InChI=1S/C8H10N2O3.C5H12O.C2H6/c1-3-13-8(12)7-5(2)6(4-11)9-10-7;1-5(2,3)6-4;1-2/h4H,3H2,1-2H3,(H,9,10);1-4H3;1-2H3. The zero-order valence-electron chi connectivity index (χ0n) is 14.4. The molecule has 0 radical (unpaired) electrons. The van der Waals surface area contributed by atoms with Crippen molar-refractivity contribution in [1.82, 2.24) is 10.2 Å². The maximum atomic E-state index is 11.2. The number of carbonyl (C=O) groups is 2. The molecule has 1 aromatic heterocycles. The van der Waals surface area contributed by atoms with Gasteiger partial charge < -0.3 is 9.47 Å². The van der Waals surface area contributed by atoms with Crippen LogP contribution < -0.4 is 0 Å². The third kappa shape index (κ3) is 8.96. The van der Waals surface area contributed by atoms with Gasteiger partial charge in [-0.05, 0) is 34.6 Å². The van der Waals surface area contributed by atoms with Crippen LogP contribution in [-0.2, 0) is 9.47 Å². The van der Waals surface area contributed by atoms with Gasteiger partial charge in [-0.1, -0.05) is 13.8 Å². The second-order valence-electron chi connectivity index (χ2n) is 4.77. The molecule has 6 heteroatoms. The molecule has 0 unspecified atom stereocenters. The summed E-state index contributed by atoms with van der Waals surface area (Å²) < 4.78 is 9.67. The number of esters is 1. The van der Waals surface area contributed by atoms with Crippen LogP contribution in [0.5, 0.6) is 0 Å². The largest absolute Gasteiger partial charge is 0.461 e. The molecule has 6 nitrogen and oxygen atoms in total. The van der Waals surface area contributed by atoms with Gasteiger partial charge in [0.05, 0.1) is 12.2 Å². The third-order valence-electron chi connectivity index (χ3n) is 2.25. The highest BCUT2D eigenvalue weighted by Gasteiger charge is 2.16. The van der Waals surface area contributed by atoms with Gasteiger partial charge in [0.25, 0.3) is 0 Å². The van der Waals surface area contributed by atoms with Crippen molar-refractivity contribution in [1.29, 1.82) is 0 Å². The van der Waals surface area contributed by atoms with E-state index in [4.69, 9.17) is 9.47 Å². The number of aromatic nitrogens is 2. The number of ether oxygens (including phenoxy) is 2. The van der Waals surface area contributed by atoms with Crippen LogP contribution in [-0.4, -0.2) is 41.8 Å². The Labute approximate surface area is 127 Å². The van der Waals surface area contributed by atoms with E-state index >= 15 is 0 Å². The van der Waals surface area contributed by atoms with Gasteiger partial charge in [-0.15, -0.1) is 0 Å². The number of aldehydes is 1. The molecule has 0 aliphatic carbocycles. The van der Waals surface area contributed by atoms with Crippen LogP contribution in [0.4, 0.5) is 0 Å². The molecule has 0 bridgehead atoms. The Hall–Kier alpha value is -1.69. The Morgan fingerprint density at radius 1 is 1.33 bits per heavy atom. The average molecular weight is 300 g/mol. The highest BCUT2D eigenvalue weighted by Crippen LogP contribution is 2.08. The normalized spacial score (nSPS) is 9.71. The lowest BCUT2D eigenvalue weighted by Gasteiger charge is -2.14. The fourth-order valence-electron chi connectivity index (χ4n) is 0.924. The van der Waals surface area contributed by atoms with Crippen LogP contribution in [0.3, 0.4) is 0 Å². The molecule has 0 saturated carbocycles. The quantitative estimate of drug-likeness (QED) is 0.685. The Kier molecular flexibility index (Phi) is 11.3. The van der Waals surface area contributed by atoms with Gasteiger partial charge >= 0.3 is 5.97 Å². The summed E-state index contributed by atoms with van der Waals surface area (Å²) in [4.78, 5) is 21.6. The van der Waals surface area contributed by atoms with E-state index in [1.165, 1.54) is 0 Å². The monoisotopic (exact) mass is 300 g/mol. The minimum absolute atomic E-state index is 0.0417. The number of nitrogens with one attached hydrogen (secondary N) is 1. The molecule has 1 rings (SSSR count). The van der Waals surface area contributed by atoms with Crippen molar-refractivity contribution in [2.45, 2.75) is 54.1 Å². The van der Waals surface area contributed by atoms with Crippen molar-refractivity contribution in [3.05, 3.63) is 17.0 Å². The fraction of sp³-hybridized carbons (Fsp3) is 0.667. The molecule has 0 amide bonds. The van der Waals surface area contributed by atoms with Gasteiger partial charge in [-0.3, -0.25) is 9.89 Å². The number of hydrogen-bond donors (Lipinski definition) is 1. The Morgan fingerprint density at radius 3 is 2.10 bits per heavy atom. The lowest BCUT2D eigenvalue weighted by molar-refractivity contribution is 0.0397. The zero-order valence-corrected chi connectivity index (χ0v) is 14.4. The number of carbonyl (C=O) groups excluding carboxylic acids is 2. The number of methoxy groups -OCH3 is 1. The van der Waals surface area contributed by atoms with Crippen LogP contribution in [0.25, 0.3) is 0 Å².